The number of aromatic hydroxyl groups is 1. The molecule has 0 aliphatic carbocycles. The Hall–Kier alpha value is -3.34. The summed E-state index contributed by atoms with van der Waals surface area (Å²) in [5.74, 6) is 0.0489. The molecular weight excluding hydrogens is 376 g/mol. The average Bonchev–Trinajstić information content (AvgIpc) is 2.76. The SMILES string of the molecule is CC(=O)N1CCC(N(C(=O)c2cccc3ccccc23)c2cccc(C)c2O)CC1. The van der Waals surface area contributed by atoms with Gasteiger partial charge in [0, 0.05) is 31.6 Å². The molecule has 1 aliphatic heterocycles. The first-order chi connectivity index (χ1) is 14.5. The summed E-state index contributed by atoms with van der Waals surface area (Å²) in [5, 5.41) is 12.7. The van der Waals surface area contributed by atoms with E-state index >= 15 is 0 Å². The second-order valence-corrected chi connectivity index (χ2v) is 7.88. The summed E-state index contributed by atoms with van der Waals surface area (Å²) in [6, 6.07) is 18.9. The Morgan fingerprint density at radius 3 is 2.37 bits per heavy atom. The molecule has 1 aliphatic rings. The molecule has 1 fully saturated rings. The molecule has 154 valence electrons. The van der Waals surface area contributed by atoms with Crippen LogP contribution < -0.4 is 4.90 Å². The topological polar surface area (TPSA) is 60.9 Å². The van der Waals surface area contributed by atoms with Gasteiger partial charge in [0.05, 0.1) is 5.69 Å². The number of hydrogen-bond acceptors (Lipinski definition) is 3. The molecule has 30 heavy (non-hydrogen) atoms. The Morgan fingerprint density at radius 2 is 1.63 bits per heavy atom. The quantitative estimate of drug-likeness (QED) is 0.701. The van der Waals surface area contributed by atoms with Gasteiger partial charge in [-0.3, -0.25) is 9.59 Å². The number of carbonyl (C=O) groups excluding carboxylic acids is 2. The van der Waals surface area contributed by atoms with E-state index in [9.17, 15) is 14.7 Å². The maximum absolute atomic E-state index is 13.9. The second-order valence-electron chi connectivity index (χ2n) is 7.88. The van der Waals surface area contributed by atoms with Gasteiger partial charge in [0.1, 0.15) is 5.75 Å². The minimum Gasteiger partial charge on any atom is -0.505 e. The smallest absolute Gasteiger partial charge is 0.259 e. The summed E-state index contributed by atoms with van der Waals surface area (Å²) in [7, 11) is 0. The largest absolute Gasteiger partial charge is 0.505 e. The van der Waals surface area contributed by atoms with Gasteiger partial charge in [-0.05, 0) is 48.2 Å². The van der Waals surface area contributed by atoms with Gasteiger partial charge in [-0.2, -0.15) is 0 Å². The predicted molar refractivity (Wildman–Crippen MR) is 119 cm³/mol. The van der Waals surface area contributed by atoms with Crippen molar-refractivity contribution in [2.24, 2.45) is 0 Å². The fraction of sp³-hybridized carbons (Fsp3) is 0.280. The molecule has 2 amide bonds. The predicted octanol–water partition coefficient (Wildman–Crippen LogP) is 4.51. The van der Waals surface area contributed by atoms with E-state index < -0.39 is 0 Å². The molecule has 0 atom stereocenters. The summed E-state index contributed by atoms with van der Waals surface area (Å²) in [6.45, 7) is 4.61. The zero-order chi connectivity index (χ0) is 21.3. The normalized spacial score (nSPS) is 14.7. The van der Waals surface area contributed by atoms with Crippen LogP contribution in [-0.4, -0.2) is 41.0 Å². The number of piperidine rings is 1. The fourth-order valence-electron chi connectivity index (χ4n) is 4.29. The van der Waals surface area contributed by atoms with Gasteiger partial charge in [-0.25, -0.2) is 0 Å². The molecule has 0 radical (unpaired) electrons. The van der Waals surface area contributed by atoms with Crippen LogP contribution in [0.25, 0.3) is 10.8 Å². The Labute approximate surface area is 176 Å². The van der Waals surface area contributed by atoms with Crippen molar-refractivity contribution < 1.29 is 14.7 Å². The molecule has 0 aromatic heterocycles. The van der Waals surface area contributed by atoms with Gasteiger partial charge in [0.2, 0.25) is 5.91 Å². The minimum atomic E-state index is -0.131. The molecule has 1 heterocycles. The van der Waals surface area contributed by atoms with Crippen LogP contribution in [0.2, 0.25) is 0 Å². The monoisotopic (exact) mass is 402 g/mol. The van der Waals surface area contributed by atoms with Crippen molar-refractivity contribution in [2.45, 2.75) is 32.7 Å². The Kier molecular flexibility index (Phi) is 5.44. The highest BCUT2D eigenvalue weighted by molar-refractivity contribution is 6.14. The maximum atomic E-state index is 13.9. The van der Waals surface area contributed by atoms with E-state index in [0.29, 0.717) is 37.2 Å². The van der Waals surface area contributed by atoms with Crippen LogP contribution in [0.15, 0.2) is 60.7 Å². The van der Waals surface area contributed by atoms with Gasteiger partial charge in [-0.15, -0.1) is 0 Å². The number of phenols is 1. The minimum absolute atomic E-state index is 0.0544. The number of para-hydroxylation sites is 1. The molecule has 3 aromatic carbocycles. The number of aryl methyl sites for hydroxylation is 1. The lowest BCUT2D eigenvalue weighted by molar-refractivity contribution is -0.129. The third-order valence-electron chi connectivity index (χ3n) is 5.99. The highest BCUT2D eigenvalue weighted by Gasteiger charge is 2.32. The number of phenolic OH excluding ortho intramolecular Hbond substituents is 1. The zero-order valence-corrected chi connectivity index (χ0v) is 17.3. The van der Waals surface area contributed by atoms with E-state index in [1.807, 2.05) is 66.4 Å². The lowest BCUT2D eigenvalue weighted by Gasteiger charge is -2.38. The number of anilines is 1. The number of rotatable bonds is 3. The van der Waals surface area contributed by atoms with Crippen LogP contribution in [0, 0.1) is 6.92 Å². The fourth-order valence-corrected chi connectivity index (χ4v) is 4.29. The van der Waals surface area contributed by atoms with Crippen LogP contribution >= 0.6 is 0 Å². The molecule has 5 nitrogen and oxygen atoms in total. The molecule has 4 rings (SSSR count). The van der Waals surface area contributed by atoms with E-state index in [0.717, 1.165) is 16.3 Å². The summed E-state index contributed by atoms with van der Waals surface area (Å²) in [6.07, 6.45) is 1.34. The van der Waals surface area contributed by atoms with E-state index in [4.69, 9.17) is 0 Å². The van der Waals surface area contributed by atoms with Gasteiger partial charge in [0.15, 0.2) is 0 Å². The zero-order valence-electron chi connectivity index (χ0n) is 17.3. The summed E-state index contributed by atoms with van der Waals surface area (Å²) in [5.41, 5.74) is 1.86. The lowest BCUT2D eigenvalue weighted by atomic mass is 9.98. The van der Waals surface area contributed by atoms with Gasteiger partial charge < -0.3 is 14.9 Å². The summed E-state index contributed by atoms with van der Waals surface area (Å²) in [4.78, 5) is 29.2. The van der Waals surface area contributed by atoms with Crippen molar-refractivity contribution in [1.82, 2.24) is 4.90 Å². The van der Waals surface area contributed by atoms with Crippen molar-refractivity contribution in [1.29, 1.82) is 0 Å². The highest BCUT2D eigenvalue weighted by Crippen LogP contribution is 2.36. The van der Waals surface area contributed by atoms with Crippen molar-refractivity contribution in [2.75, 3.05) is 18.0 Å². The van der Waals surface area contributed by atoms with Crippen molar-refractivity contribution in [3.05, 3.63) is 71.8 Å². The molecule has 1 saturated heterocycles. The summed E-state index contributed by atoms with van der Waals surface area (Å²) < 4.78 is 0. The highest BCUT2D eigenvalue weighted by atomic mass is 16.3. The second kappa shape index (κ2) is 8.19. The lowest BCUT2D eigenvalue weighted by Crippen LogP contribution is -2.48. The van der Waals surface area contributed by atoms with Gasteiger partial charge >= 0.3 is 0 Å². The first-order valence-electron chi connectivity index (χ1n) is 10.3. The molecule has 1 N–H and O–H groups in total. The number of amides is 2. The number of likely N-dealkylation sites (tertiary alicyclic amines) is 1. The molecule has 3 aromatic rings. The van der Waals surface area contributed by atoms with E-state index in [2.05, 4.69) is 0 Å². The number of fused-ring (bicyclic) bond motifs is 1. The average molecular weight is 402 g/mol. The number of benzene rings is 3. The van der Waals surface area contributed by atoms with Crippen molar-refractivity contribution in [3.8, 4) is 5.75 Å². The van der Waals surface area contributed by atoms with Crippen molar-refractivity contribution in [3.63, 3.8) is 0 Å². The van der Waals surface area contributed by atoms with Gasteiger partial charge in [-0.1, -0.05) is 48.5 Å². The van der Waals surface area contributed by atoms with E-state index in [1.54, 1.807) is 17.9 Å². The standard InChI is InChI=1S/C25H26N2O3/c1-17-7-5-12-23(24(17)29)27(20-13-15-26(16-14-20)18(2)28)25(30)22-11-6-9-19-8-3-4-10-21(19)22/h3-12,20,29H,13-16H2,1-2H3. The number of hydrogen-bond donors (Lipinski definition) is 1. The first-order valence-corrected chi connectivity index (χ1v) is 10.3. The van der Waals surface area contributed by atoms with Gasteiger partial charge in [0.25, 0.3) is 5.91 Å². The maximum Gasteiger partial charge on any atom is 0.259 e. The van der Waals surface area contributed by atoms with Crippen LogP contribution in [0.5, 0.6) is 5.75 Å². The van der Waals surface area contributed by atoms with E-state index in [1.165, 1.54) is 0 Å². The van der Waals surface area contributed by atoms with Crippen LogP contribution in [0.4, 0.5) is 5.69 Å². The van der Waals surface area contributed by atoms with Crippen LogP contribution in [-0.2, 0) is 4.79 Å². The number of carbonyl (C=O) groups is 2. The molecule has 0 unspecified atom stereocenters. The number of nitrogens with zero attached hydrogens (tertiary/aromatic N) is 2. The molecule has 5 heteroatoms. The molecule has 0 spiro atoms. The molecule has 0 bridgehead atoms. The van der Waals surface area contributed by atoms with E-state index in [-0.39, 0.29) is 23.6 Å². The molecular formula is C25H26N2O3. The Balaban J connectivity index is 1.78. The third kappa shape index (κ3) is 3.63. The summed E-state index contributed by atoms with van der Waals surface area (Å²) >= 11 is 0. The first kappa shape index (κ1) is 20.0. The van der Waals surface area contributed by atoms with Crippen LogP contribution in [0.1, 0.15) is 35.7 Å². The Bertz CT molecular complexity index is 1100. The Morgan fingerprint density at radius 1 is 0.967 bits per heavy atom. The molecule has 0 saturated carbocycles. The van der Waals surface area contributed by atoms with Crippen LogP contribution in [0.3, 0.4) is 0 Å². The third-order valence-corrected chi connectivity index (χ3v) is 5.99. The van der Waals surface area contributed by atoms with Crippen molar-refractivity contribution >= 4 is 28.3 Å².